The van der Waals surface area contributed by atoms with Crippen molar-refractivity contribution >= 4 is 47.1 Å². The van der Waals surface area contributed by atoms with Crippen molar-refractivity contribution in [2.24, 2.45) is 0 Å². The average Bonchev–Trinajstić information content (AvgIpc) is 1.97. The normalized spacial score (nSPS) is 12.7. The molecule has 90 valence electrons. The number of halogens is 2. The number of nitrogen functional groups attached to an aromatic ring is 1. The highest BCUT2D eigenvalue weighted by molar-refractivity contribution is 8.13. The molecular weight excluding hydrogens is 301 g/mol. The fraction of sp³-hybridized carbons (Fsp3) is 0. The topological polar surface area (TPSA) is 115 Å². The van der Waals surface area contributed by atoms with E-state index in [1.54, 1.807) is 0 Å². The molecule has 0 aliphatic rings. The molecule has 0 fully saturated rings. The van der Waals surface area contributed by atoms with Crippen LogP contribution in [0.4, 0.5) is 5.69 Å². The van der Waals surface area contributed by atoms with Crippen LogP contribution in [-0.2, 0) is 19.2 Å². The van der Waals surface area contributed by atoms with Gasteiger partial charge in [-0.2, -0.15) is 8.42 Å². The lowest BCUT2D eigenvalue weighted by Gasteiger charge is -2.06. The molecule has 0 saturated carbocycles. The van der Waals surface area contributed by atoms with E-state index in [4.69, 9.17) is 32.6 Å². The molecule has 1 rings (SSSR count). The van der Waals surface area contributed by atoms with E-state index in [2.05, 4.69) is 0 Å². The molecule has 16 heavy (non-hydrogen) atoms. The summed E-state index contributed by atoms with van der Waals surface area (Å²) in [6, 6.07) is 1.47. The second-order valence-electron chi connectivity index (χ2n) is 2.73. The zero-order chi connectivity index (χ0) is 12.7. The average molecular weight is 306 g/mol. The molecule has 0 aliphatic heterocycles. The van der Waals surface area contributed by atoms with E-state index < -0.39 is 29.0 Å². The maximum absolute atomic E-state index is 11.0. The molecule has 0 amide bonds. The van der Waals surface area contributed by atoms with Gasteiger partial charge in [0.25, 0.3) is 19.2 Å². The van der Waals surface area contributed by atoms with Gasteiger partial charge in [-0.25, -0.2) is 8.42 Å². The third-order valence-corrected chi connectivity index (χ3v) is 4.30. The highest BCUT2D eigenvalue weighted by atomic mass is 35.7. The first-order valence-electron chi connectivity index (χ1n) is 3.54. The van der Waals surface area contributed by atoms with Gasteiger partial charge in [-0.15, -0.1) is 0 Å². The monoisotopic (exact) mass is 305 g/mol. The Bertz CT molecular complexity index is 584. The molecule has 0 aliphatic carbocycles. The first-order valence-corrected chi connectivity index (χ1v) is 7.67. The number of rotatable bonds is 2. The maximum Gasteiger partial charge on any atom is 0.296 e. The molecule has 6 nitrogen and oxygen atoms in total. The van der Waals surface area contributed by atoms with Crippen molar-refractivity contribution in [3.8, 4) is 0 Å². The molecule has 1 aromatic rings. The number of hydrogen-bond acceptors (Lipinski definition) is 5. The van der Waals surface area contributed by atoms with E-state index in [1.807, 2.05) is 0 Å². The number of nitrogens with two attached hydrogens (primary N) is 1. The van der Waals surface area contributed by atoms with Crippen LogP contribution in [0.25, 0.3) is 0 Å². The van der Waals surface area contributed by atoms with Crippen LogP contribution < -0.4 is 5.73 Å². The molecule has 0 radical (unpaired) electrons. The lowest BCUT2D eigenvalue weighted by molar-refractivity contribution is 0.483. The van der Waals surface area contributed by atoms with Crippen LogP contribution in [0.5, 0.6) is 0 Å². The summed E-state index contributed by atoms with van der Waals surface area (Å²) in [7, 11) is -3.85. The van der Waals surface area contributed by atoms with E-state index in [9.17, 15) is 16.8 Å². The summed E-state index contributed by atoms with van der Waals surface area (Å²) in [5.74, 6) is 0. The summed E-state index contributed by atoms with van der Waals surface area (Å²) in [6.07, 6.45) is 0. The van der Waals surface area contributed by atoms with Gasteiger partial charge in [0.2, 0.25) is 0 Å². The van der Waals surface area contributed by atoms with Crippen LogP contribution in [0.15, 0.2) is 21.9 Å². The Kier molecular flexibility index (Phi) is 3.42. The minimum absolute atomic E-state index is 0.333. The zero-order valence-electron chi connectivity index (χ0n) is 7.38. The predicted octanol–water partition coefficient (Wildman–Crippen LogP) is 1.10. The molecular formula is C6H5Cl2NO5S2. The van der Waals surface area contributed by atoms with Crippen molar-refractivity contribution < 1.29 is 21.4 Å². The fourth-order valence-corrected chi connectivity index (χ4v) is 3.19. The van der Waals surface area contributed by atoms with Gasteiger partial charge in [-0.1, -0.05) is 11.6 Å². The van der Waals surface area contributed by atoms with E-state index in [0.29, 0.717) is 6.07 Å². The van der Waals surface area contributed by atoms with Crippen molar-refractivity contribution in [3.05, 3.63) is 17.2 Å². The second kappa shape index (κ2) is 4.04. The summed E-state index contributed by atoms with van der Waals surface area (Å²) in [6.45, 7) is 0. The van der Waals surface area contributed by atoms with Crippen LogP contribution in [0, 0.1) is 0 Å². The first-order chi connectivity index (χ1) is 7.03. The Morgan fingerprint density at radius 3 is 2.00 bits per heavy atom. The van der Waals surface area contributed by atoms with Gasteiger partial charge in [0.05, 0.1) is 10.7 Å². The van der Waals surface area contributed by atoms with Gasteiger partial charge in [0.1, 0.15) is 9.79 Å². The van der Waals surface area contributed by atoms with Crippen molar-refractivity contribution in [2.75, 3.05) is 5.73 Å². The van der Waals surface area contributed by atoms with Gasteiger partial charge in [-0.05, 0) is 12.1 Å². The summed E-state index contributed by atoms with van der Waals surface area (Å²) in [4.78, 5) is -1.41. The van der Waals surface area contributed by atoms with Crippen molar-refractivity contribution in [3.63, 3.8) is 0 Å². The van der Waals surface area contributed by atoms with Crippen LogP contribution in [0.1, 0.15) is 0 Å². The van der Waals surface area contributed by atoms with Gasteiger partial charge in [0.15, 0.2) is 0 Å². The largest absolute Gasteiger partial charge is 0.398 e. The fourth-order valence-electron chi connectivity index (χ4n) is 0.960. The third kappa shape index (κ3) is 2.77. The minimum atomic E-state index is -4.64. The van der Waals surface area contributed by atoms with Gasteiger partial charge in [-0.3, -0.25) is 4.55 Å². The Morgan fingerprint density at radius 2 is 1.62 bits per heavy atom. The Balaban J connectivity index is 3.72. The zero-order valence-corrected chi connectivity index (χ0v) is 10.5. The molecule has 0 atom stereocenters. The van der Waals surface area contributed by atoms with Gasteiger partial charge in [0, 0.05) is 10.7 Å². The number of hydrogen-bond donors (Lipinski definition) is 2. The molecule has 0 aromatic heterocycles. The number of anilines is 1. The van der Waals surface area contributed by atoms with E-state index in [1.165, 1.54) is 0 Å². The van der Waals surface area contributed by atoms with E-state index in [-0.39, 0.29) is 10.7 Å². The molecule has 1 aromatic carbocycles. The SMILES string of the molecule is Nc1cc(Cl)c(S(=O)(=O)Cl)cc1S(=O)(=O)O. The van der Waals surface area contributed by atoms with Gasteiger partial charge >= 0.3 is 0 Å². The lowest BCUT2D eigenvalue weighted by atomic mass is 10.3. The predicted molar refractivity (Wildman–Crippen MR) is 58.7 cm³/mol. The summed E-state index contributed by atoms with van der Waals surface area (Å²) in [5.41, 5.74) is 4.88. The lowest BCUT2D eigenvalue weighted by Crippen LogP contribution is -2.05. The quantitative estimate of drug-likeness (QED) is 0.480. The summed E-state index contributed by atoms with van der Waals surface area (Å²) in [5, 5.41) is -0.333. The van der Waals surface area contributed by atoms with Gasteiger partial charge < -0.3 is 5.73 Å². The molecule has 0 heterocycles. The van der Waals surface area contributed by atoms with E-state index in [0.717, 1.165) is 6.07 Å². The first kappa shape index (κ1) is 13.5. The standard InChI is InChI=1S/C6H5Cl2NO5S2/c7-3-1-4(9)6(16(12,13)14)2-5(3)15(8,10)11/h1-2H,9H2,(H,12,13,14). The smallest absolute Gasteiger partial charge is 0.296 e. The molecule has 3 N–H and O–H groups in total. The summed E-state index contributed by atoms with van der Waals surface area (Å²) < 4.78 is 52.5. The van der Waals surface area contributed by atoms with Crippen molar-refractivity contribution in [1.29, 1.82) is 0 Å². The highest BCUT2D eigenvalue weighted by Crippen LogP contribution is 2.31. The van der Waals surface area contributed by atoms with E-state index >= 15 is 0 Å². The molecule has 0 spiro atoms. The molecule has 10 heteroatoms. The van der Waals surface area contributed by atoms with Crippen LogP contribution in [0.3, 0.4) is 0 Å². The maximum atomic E-state index is 11.0. The Morgan fingerprint density at radius 1 is 1.12 bits per heavy atom. The van der Waals surface area contributed by atoms with Crippen LogP contribution in [0.2, 0.25) is 5.02 Å². The summed E-state index contributed by atoms with van der Waals surface area (Å²) >= 11 is 5.52. The van der Waals surface area contributed by atoms with Crippen molar-refractivity contribution in [1.82, 2.24) is 0 Å². The Labute approximate surface area is 101 Å². The molecule has 0 unspecified atom stereocenters. The van der Waals surface area contributed by atoms with Crippen LogP contribution in [-0.4, -0.2) is 21.4 Å². The number of benzene rings is 1. The van der Waals surface area contributed by atoms with Crippen molar-refractivity contribution in [2.45, 2.75) is 9.79 Å². The Hall–Kier alpha value is -0.540. The molecule has 0 saturated heterocycles. The minimum Gasteiger partial charge on any atom is -0.398 e. The highest BCUT2D eigenvalue weighted by Gasteiger charge is 2.22. The van der Waals surface area contributed by atoms with Crippen LogP contribution >= 0.6 is 22.3 Å². The molecule has 0 bridgehead atoms. The second-order valence-corrected chi connectivity index (χ2v) is 7.06. The third-order valence-electron chi connectivity index (χ3n) is 1.60.